The summed E-state index contributed by atoms with van der Waals surface area (Å²) in [5.74, 6) is 1.39. The first kappa shape index (κ1) is 18.5. The number of rotatable bonds is 7. The van der Waals surface area contributed by atoms with E-state index in [9.17, 15) is 4.79 Å². The monoisotopic (exact) mass is 346 g/mol. The van der Waals surface area contributed by atoms with Crippen LogP contribution >= 0.6 is 11.3 Å². The summed E-state index contributed by atoms with van der Waals surface area (Å²) in [7, 11) is 1.81. The SMILES string of the molecule is Cc1ccc(OCCN(C)C(=O)c2sc(CC(C)C)nc2C)cc1. The molecule has 130 valence electrons. The van der Waals surface area contributed by atoms with Crippen molar-refractivity contribution in [3.63, 3.8) is 0 Å². The third-order valence-corrected chi connectivity index (χ3v) is 4.85. The number of nitrogens with zero attached hydrogens (tertiary/aromatic N) is 2. The van der Waals surface area contributed by atoms with Crippen molar-refractivity contribution < 1.29 is 9.53 Å². The summed E-state index contributed by atoms with van der Waals surface area (Å²) in [6.07, 6.45) is 0.916. The van der Waals surface area contributed by atoms with Crippen LogP contribution in [0.1, 0.15) is 39.8 Å². The van der Waals surface area contributed by atoms with Crippen LogP contribution < -0.4 is 4.74 Å². The molecule has 1 aromatic heterocycles. The predicted octanol–water partition coefficient (Wildman–Crippen LogP) is 4.11. The molecule has 0 saturated carbocycles. The van der Waals surface area contributed by atoms with Crippen molar-refractivity contribution in [2.24, 2.45) is 5.92 Å². The predicted molar refractivity (Wildman–Crippen MR) is 99.0 cm³/mol. The van der Waals surface area contributed by atoms with Gasteiger partial charge < -0.3 is 9.64 Å². The van der Waals surface area contributed by atoms with Gasteiger partial charge in [0.1, 0.15) is 17.2 Å². The largest absolute Gasteiger partial charge is 0.492 e. The molecule has 0 aliphatic heterocycles. The first-order chi connectivity index (χ1) is 11.4. The molecular weight excluding hydrogens is 320 g/mol. The summed E-state index contributed by atoms with van der Waals surface area (Å²) in [5, 5.41) is 1.04. The first-order valence-electron chi connectivity index (χ1n) is 8.28. The van der Waals surface area contributed by atoms with E-state index in [1.54, 1.807) is 4.90 Å². The molecule has 1 amide bonds. The van der Waals surface area contributed by atoms with Crippen molar-refractivity contribution in [2.45, 2.75) is 34.1 Å². The van der Waals surface area contributed by atoms with Crippen LogP contribution in [0.15, 0.2) is 24.3 Å². The van der Waals surface area contributed by atoms with Gasteiger partial charge in [-0.3, -0.25) is 4.79 Å². The van der Waals surface area contributed by atoms with Gasteiger partial charge in [-0.25, -0.2) is 4.98 Å². The Hall–Kier alpha value is -1.88. The molecule has 1 aromatic carbocycles. The van der Waals surface area contributed by atoms with Gasteiger partial charge >= 0.3 is 0 Å². The van der Waals surface area contributed by atoms with Crippen LogP contribution in [0.2, 0.25) is 0 Å². The van der Waals surface area contributed by atoms with Gasteiger partial charge in [-0.05, 0) is 31.9 Å². The van der Waals surface area contributed by atoms with Crippen LogP contribution in [0.3, 0.4) is 0 Å². The van der Waals surface area contributed by atoms with E-state index in [2.05, 4.69) is 18.8 Å². The molecule has 0 fully saturated rings. The molecule has 0 unspecified atom stereocenters. The zero-order valence-electron chi connectivity index (χ0n) is 15.1. The highest BCUT2D eigenvalue weighted by Gasteiger charge is 2.19. The summed E-state index contributed by atoms with van der Waals surface area (Å²) in [6.45, 7) is 9.29. The van der Waals surface area contributed by atoms with Gasteiger partial charge in [0.05, 0.1) is 17.2 Å². The molecule has 1 heterocycles. The third kappa shape index (κ3) is 5.06. The molecule has 5 heteroatoms. The average Bonchev–Trinajstić information content (AvgIpc) is 2.88. The normalized spacial score (nSPS) is 10.9. The smallest absolute Gasteiger partial charge is 0.265 e. The van der Waals surface area contributed by atoms with Crippen LogP contribution in [0.4, 0.5) is 0 Å². The quantitative estimate of drug-likeness (QED) is 0.758. The number of aryl methyl sites for hydroxylation is 2. The molecule has 0 aliphatic carbocycles. The number of carbonyl (C=O) groups is 1. The van der Waals surface area contributed by atoms with Crippen molar-refractivity contribution in [1.82, 2.24) is 9.88 Å². The highest BCUT2D eigenvalue weighted by Crippen LogP contribution is 2.22. The van der Waals surface area contributed by atoms with E-state index >= 15 is 0 Å². The topological polar surface area (TPSA) is 42.4 Å². The maximum atomic E-state index is 12.6. The number of thiazole rings is 1. The molecule has 2 rings (SSSR count). The van der Waals surface area contributed by atoms with E-state index in [0.29, 0.717) is 19.1 Å². The number of hydrogen-bond acceptors (Lipinski definition) is 4. The summed E-state index contributed by atoms with van der Waals surface area (Å²) < 4.78 is 5.70. The van der Waals surface area contributed by atoms with Crippen LogP contribution in [0.5, 0.6) is 5.75 Å². The lowest BCUT2D eigenvalue weighted by atomic mass is 10.1. The lowest BCUT2D eigenvalue weighted by Gasteiger charge is -2.17. The van der Waals surface area contributed by atoms with Crippen molar-refractivity contribution in [3.8, 4) is 5.75 Å². The van der Waals surface area contributed by atoms with Gasteiger partial charge in [-0.15, -0.1) is 11.3 Å². The van der Waals surface area contributed by atoms with Crippen molar-refractivity contribution in [1.29, 1.82) is 0 Å². The van der Waals surface area contributed by atoms with Gasteiger partial charge in [0, 0.05) is 13.5 Å². The summed E-state index contributed by atoms with van der Waals surface area (Å²) in [6, 6.07) is 7.92. The Morgan fingerprint density at radius 3 is 2.54 bits per heavy atom. The minimum Gasteiger partial charge on any atom is -0.492 e. The van der Waals surface area contributed by atoms with Gasteiger partial charge in [-0.1, -0.05) is 31.5 Å². The number of likely N-dealkylation sites (N-methyl/N-ethyl adjacent to an activating group) is 1. The fourth-order valence-electron chi connectivity index (χ4n) is 2.30. The van der Waals surface area contributed by atoms with E-state index in [0.717, 1.165) is 27.7 Å². The molecular formula is C19H26N2O2S. The maximum Gasteiger partial charge on any atom is 0.265 e. The van der Waals surface area contributed by atoms with Crippen molar-refractivity contribution >= 4 is 17.2 Å². The number of benzene rings is 1. The Labute approximate surface area is 148 Å². The summed E-state index contributed by atoms with van der Waals surface area (Å²) in [4.78, 5) is 19.6. The molecule has 0 N–H and O–H groups in total. The molecule has 0 spiro atoms. The van der Waals surface area contributed by atoms with Crippen LogP contribution in [-0.4, -0.2) is 36.0 Å². The zero-order valence-corrected chi connectivity index (χ0v) is 15.9. The maximum absolute atomic E-state index is 12.6. The zero-order chi connectivity index (χ0) is 17.7. The summed E-state index contributed by atoms with van der Waals surface area (Å²) >= 11 is 1.51. The molecule has 0 radical (unpaired) electrons. The fraction of sp³-hybridized carbons (Fsp3) is 0.474. The second-order valence-electron chi connectivity index (χ2n) is 6.51. The van der Waals surface area contributed by atoms with Crippen LogP contribution in [-0.2, 0) is 6.42 Å². The Balaban J connectivity index is 1.89. The van der Waals surface area contributed by atoms with Gasteiger partial charge in [0.2, 0.25) is 0 Å². The number of aromatic nitrogens is 1. The molecule has 24 heavy (non-hydrogen) atoms. The lowest BCUT2D eigenvalue weighted by molar-refractivity contribution is 0.0777. The van der Waals surface area contributed by atoms with Gasteiger partial charge in [0.15, 0.2) is 0 Å². The van der Waals surface area contributed by atoms with E-state index in [-0.39, 0.29) is 5.91 Å². The summed E-state index contributed by atoms with van der Waals surface area (Å²) in [5.41, 5.74) is 2.03. The Bertz CT molecular complexity index is 677. The Kier molecular flexibility index (Phi) is 6.37. The molecule has 0 atom stereocenters. The molecule has 0 aliphatic rings. The molecule has 0 saturated heterocycles. The van der Waals surface area contributed by atoms with Crippen molar-refractivity contribution in [3.05, 3.63) is 45.4 Å². The molecule has 2 aromatic rings. The number of amides is 1. The molecule has 0 bridgehead atoms. The van der Waals surface area contributed by atoms with E-state index < -0.39 is 0 Å². The second kappa shape index (κ2) is 8.29. The minimum atomic E-state index is 0.0208. The fourth-order valence-corrected chi connectivity index (χ4v) is 3.57. The minimum absolute atomic E-state index is 0.0208. The average molecular weight is 346 g/mol. The van der Waals surface area contributed by atoms with Crippen molar-refractivity contribution in [2.75, 3.05) is 20.2 Å². The molecule has 4 nitrogen and oxygen atoms in total. The Morgan fingerprint density at radius 1 is 1.25 bits per heavy atom. The van der Waals surface area contributed by atoms with Gasteiger partial charge in [-0.2, -0.15) is 0 Å². The van der Waals surface area contributed by atoms with E-state index in [4.69, 9.17) is 4.74 Å². The Morgan fingerprint density at radius 2 is 1.92 bits per heavy atom. The lowest BCUT2D eigenvalue weighted by Crippen LogP contribution is -2.30. The van der Waals surface area contributed by atoms with E-state index in [1.165, 1.54) is 16.9 Å². The van der Waals surface area contributed by atoms with Crippen LogP contribution in [0, 0.1) is 19.8 Å². The van der Waals surface area contributed by atoms with Crippen LogP contribution in [0.25, 0.3) is 0 Å². The first-order valence-corrected chi connectivity index (χ1v) is 9.09. The highest BCUT2D eigenvalue weighted by atomic mass is 32.1. The number of carbonyl (C=O) groups excluding carboxylic acids is 1. The highest BCUT2D eigenvalue weighted by molar-refractivity contribution is 7.13. The third-order valence-electron chi connectivity index (χ3n) is 3.68. The standard InChI is InChI=1S/C19H26N2O2S/c1-13(2)12-17-20-15(4)18(24-17)19(22)21(5)10-11-23-16-8-6-14(3)7-9-16/h6-9,13H,10-12H2,1-5H3. The second-order valence-corrected chi connectivity index (χ2v) is 7.59. The van der Waals surface area contributed by atoms with Gasteiger partial charge in [0.25, 0.3) is 5.91 Å². The number of hydrogen-bond donors (Lipinski definition) is 0. The number of ether oxygens (including phenoxy) is 1. The van der Waals surface area contributed by atoms with E-state index in [1.807, 2.05) is 45.2 Å².